The molecule has 3 aromatic rings. The monoisotopic (exact) mass is 465 g/mol. The molecule has 4 rings (SSSR count). The van der Waals surface area contributed by atoms with E-state index in [0.717, 1.165) is 5.56 Å². The zero-order valence-electron chi connectivity index (χ0n) is 17.6. The Labute approximate surface area is 195 Å². The van der Waals surface area contributed by atoms with Crippen LogP contribution in [-0.2, 0) is 16.1 Å². The zero-order valence-corrected chi connectivity index (χ0v) is 18.4. The van der Waals surface area contributed by atoms with Crippen molar-refractivity contribution >= 4 is 46.6 Å². The average Bonchev–Trinajstić information content (AvgIpc) is 2.82. The predicted molar refractivity (Wildman–Crippen MR) is 125 cm³/mol. The molecule has 0 aliphatic carbocycles. The molecule has 1 aliphatic heterocycles. The summed E-state index contributed by atoms with van der Waals surface area (Å²) < 4.78 is 10.3. The normalized spacial score (nSPS) is 12.4. The van der Waals surface area contributed by atoms with E-state index >= 15 is 0 Å². The van der Waals surface area contributed by atoms with Gasteiger partial charge in [-0.05, 0) is 60.2 Å². The van der Waals surface area contributed by atoms with Crippen molar-refractivity contribution in [3.63, 3.8) is 0 Å². The fraction of sp³-hybridized carbons (Fsp3) is 0.125. The lowest BCUT2D eigenvalue weighted by atomic mass is 10.1. The van der Waals surface area contributed by atoms with Crippen molar-refractivity contribution in [2.24, 2.45) is 0 Å². The summed E-state index contributed by atoms with van der Waals surface area (Å²) in [6.07, 6.45) is 0. The molecule has 0 radical (unpaired) electrons. The molecule has 9 heteroatoms. The molecule has 33 heavy (non-hydrogen) atoms. The van der Waals surface area contributed by atoms with Crippen LogP contribution in [0.5, 0.6) is 5.75 Å². The van der Waals surface area contributed by atoms with Gasteiger partial charge in [0.05, 0.1) is 24.9 Å². The summed E-state index contributed by atoms with van der Waals surface area (Å²) in [5.41, 5.74) is 2.72. The van der Waals surface area contributed by atoms with Crippen LogP contribution >= 0.6 is 11.6 Å². The number of amides is 3. The maximum absolute atomic E-state index is 12.6. The third-order valence-electron chi connectivity index (χ3n) is 4.95. The van der Waals surface area contributed by atoms with Gasteiger partial charge in [0.2, 0.25) is 0 Å². The molecule has 1 aliphatic rings. The Morgan fingerprint density at radius 1 is 1.03 bits per heavy atom. The Morgan fingerprint density at radius 3 is 2.52 bits per heavy atom. The van der Waals surface area contributed by atoms with Gasteiger partial charge in [0, 0.05) is 16.4 Å². The number of carbonyl (C=O) groups excluding carboxylic acids is 3. The number of rotatable bonds is 5. The van der Waals surface area contributed by atoms with Gasteiger partial charge in [0.1, 0.15) is 5.75 Å². The Hall–Kier alpha value is -4.04. The lowest BCUT2D eigenvalue weighted by molar-refractivity contribution is -0.121. The van der Waals surface area contributed by atoms with E-state index in [1.165, 1.54) is 7.11 Å². The summed E-state index contributed by atoms with van der Waals surface area (Å²) in [5.74, 6) is -0.181. The highest BCUT2D eigenvalue weighted by Crippen LogP contribution is 2.35. The Morgan fingerprint density at radius 2 is 1.76 bits per heavy atom. The molecule has 168 valence electrons. The fourth-order valence-corrected chi connectivity index (χ4v) is 3.50. The molecule has 8 nitrogen and oxygen atoms in total. The van der Waals surface area contributed by atoms with E-state index in [1.807, 2.05) is 6.07 Å². The number of ether oxygens (including phenoxy) is 2. The summed E-state index contributed by atoms with van der Waals surface area (Å²) in [4.78, 5) is 38.4. The zero-order chi connectivity index (χ0) is 23.4. The number of anilines is 3. The van der Waals surface area contributed by atoms with Crippen LogP contribution in [0.1, 0.15) is 15.9 Å². The molecule has 0 saturated carbocycles. The number of nitrogens with one attached hydrogen (secondary N) is 2. The quantitative estimate of drug-likeness (QED) is 0.532. The number of carbonyl (C=O) groups is 3. The minimum atomic E-state index is -0.455. The molecule has 0 spiro atoms. The molecule has 0 atom stereocenters. The third kappa shape index (κ3) is 5.24. The number of methoxy groups -OCH3 is 1. The molecule has 3 aromatic carbocycles. The van der Waals surface area contributed by atoms with Crippen LogP contribution in [-0.4, -0.2) is 31.6 Å². The molecule has 3 amide bonds. The molecule has 0 bridgehead atoms. The minimum Gasteiger partial charge on any atom is -0.482 e. The van der Waals surface area contributed by atoms with Crippen LogP contribution in [0, 0.1) is 0 Å². The van der Waals surface area contributed by atoms with Crippen LogP contribution in [0.2, 0.25) is 5.02 Å². The van der Waals surface area contributed by atoms with Crippen LogP contribution < -0.4 is 20.3 Å². The highest BCUT2D eigenvalue weighted by atomic mass is 35.5. The number of halogens is 1. The maximum Gasteiger partial charge on any atom is 0.337 e. The first-order valence-corrected chi connectivity index (χ1v) is 10.4. The van der Waals surface area contributed by atoms with E-state index in [0.29, 0.717) is 33.4 Å². The summed E-state index contributed by atoms with van der Waals surface area (Å²) in [6.45, 7) is 0.119. The highest BCUT2D eigenvalue weighted by Gasteiger charge is 2.26. The first-order valence-electron chi connectivity index (χ1n) is 10.0. The Kier molecular flexibility index (Phi) is 6.46. The van der Waals surface area contributed by atoms with E-state index < -0.39 is 12.0 Å². The van der Waals surface area contributed by atoms with Gasteiger partial charge < -0.3 is 25.0 Å². The van der Waals surface area contributed by atoms with Gasteiger partial charge in [-0.15, -0.1) is 0 Å². The van der Waals surface area contributed by atoms with Crippen molar-refractivity contribution in [2.75, 3.05) is 29.3 Å². The largest absolute Gasteiger partial charge is 0.482 e. The second-order valence-corrected chi connectivity index (χ2v) is 7.67. The maximum atomic E-state index is 12.6. The highest BCUT2D eigenvalue weighted by molar-refractivity contribution is 6.30. The molecule has 0 fully saturated rings. The molecule has 1 heterocycles. The van der Waals surface area contributed by atoms with Crippen molar-refractivity contribution in [1.29, 1.82) is 0 Å². The summed E-state index contributed by atoms with van der Waals surface area (Å²) in [6, 6.07) is 18.2. The number of fused-ring (bicyclic) bond motifs is 1. The average molecular weight is 466 g/mol. The molecular formula is C24H20ClN3O5. The predicted octanol–water partition coefficient (Wildman–Crippen LogP) is 4.70. The van der Waals surface area contributed by atoms with E-state index in [1.54, 1.807) is 65.6 Å². The first-order chi connectivity index (χ1) is 15.9. The second kappa shape index (κ2) is 9.62. The number of hydrogen-bond donors (Lipinski definition) is 2. The molecular weight excluding hydrogens is 446 g/mol. The van der Waals surface area contributed by atoms with Gasteiger partial charge in [0.25, 0.3) is 5.91 Å². The van der Waals surface area contributed by atoms with Gasteiger partial charge in [-0.25, -0.2) is 9.59 Å². The van der Waals surface area contributed by atoms with Crippen LogP contribution in [0.3, 0.4) is 0 Å². The number of esters is 1. The van der Waals surface area contributed by atoms with Crippen LogP contribution in [0.25, 0.3) is 0 Å². The Balaban J connectivity index is 1.53. The fourth-order valence-electron chi connectivity index (χ4n) is 3.38. The number of benzene rings is 3. The second-order valence-electron chi connectivity index (χ2n) is 7.23. The smallest absolute Gasteiger partial charge is 0.337 e. The van der Waals surface area contributed by atoms with Gasteiger partial charge in [-0.3, -0.25) is 4.79 Å². The van der Waals surface area contributed by atoms with Gasteiger partial charge in [0.15, 0.2) is 6.61 Å². The standard InChI is InChI=1S/C24H20ClN3O5/c1-32-23(30)16-4-2-3-15(11-16)13-28-20-12-19(9-10-21(20)33-14-22(28)29)27-24(31)26-18-7-5-17(25)6-8-18/h2-12H,13-14H2,1H3,(H2,26,27,31). The molecule has 0 saturated heterocycles. The minimum absolute atomic E-state index is 0.104. The molecule has 0 unspecified atom stereocenters. The molecule has 0 aromatic heterocycles. The lowest BCUT2D eigenvalue weighted by Gasteiger charge is -2.30. The number of hydrogen-bond acceptors (Lipinski definition) is 5. The van der Waals surface area contributed by atoms with Crippen molar-refractivity contribution in [3.05, 3.63) is 82.9 Å². The van der Waals surface area contributed by atoms with Crippen molar-refractivity contribution in [2.45, 2.75) is 6.54 Å². The van der Waals surface area contributed by atoms with Crippen LogP contribution in [0.4, 0.5) is 21.9 Å². The van der Waals surface area contributed by atoms with Crippen molar-refractivity contribution in [1.82, 2.24) is 0 Å². The van der Waals surface area contributed by atoms with Gasteiger partial charge >= 0.3 is 12.0 Å². The van der Waals surface area contributed by atoms with Gasteiger partial charge in [-0.2, -0.15) is 0 Å². The first kappa shape index (κ1) is 22.2. The van der Waals surface area contributed by atoms with Crippen molar-refractivity contribution < 1.29 is 23.9 Å². The van der Waals surface area contributed by atoms with E-state index in [2.05, 4.69) is 10.6 Å². The third-order valence-corrected chi connectivity index (χ3v) is 5.20. The van der Waals surface area contributed by atoms with E-state index in [9.17, 15) is 14.4 Å². The number of nitrogens with zero attached hydrogens (tertiary/aromatic N) is 1. The topological polar surface area (TPSA) is 97.0 Å². The lowest BCUT2D eigenvalue weighted by Crippen LogP contribution is -2.38. The van der Waals surface area contributed by atoms with Crippen molar-refractivity contribution in [3.8, 4) is 5.75 Å². The molecule has 2 N–H and O–H groups in total. The summed E-state index contributed by atoms with van der Waals surface area (Å²) in [5, 5.41) is 6.03. The van der Waals surface area contributed by atoms with E-state index in [4.69, 9.17) is 21.1 Å². The SMILES string of the molecule is COC(=O)c1cccc(CN2C(=O)COc3ccc(NC(=O)Nc4ccc(Cl)cc4)cc32)c1. The van der Waals surface area contributed by atoms with E-state index in [-0.39, 0.29) is 19.1 Å². The summed E-state index contributed by atoms with van der Waals surface area (Å²) in [7, 11) is 1.31. The Bertz CT molecular complexity index is 1210. The number of urea groups is 1. The summed E-state index contributed by atoms with van der Waals surface area (Å²) >= 11 is 5.87. The van der Waals surface area contributed by atoms with Gasteiger partial charge in [-0.1, -0.05) is 23.7 Å². The van der Waals surface area contributed by atoms with Crippen LogP contribution in [0.15, 0.2) is 66.7 Å².